The summed E-state index contributed by atoms with van der Waals surface area (Å²) in [6.07, 6.45) is 5.30. The Labute approximate surface area is 140 Å². The summed E-state index contributed by atoms with van der Waals surface area (Å²) in [6.45, 7) is 1.36. The molecule has 5 nitrogen and oxygen atoms in total. The maximum absolute atomic E-state index is 13.1. The molecule has 2 aromatic rings. The number of hydrogen-bond acceptors (Lipinski definition) is 3. The van der Waals surface area contributed by atoms with Crippen molar-refractivity contribution in [2.75, 3.05) is 20.2 Å². The number of halogens is 1. The van der Waals surface area contributed by atoms with Gasteiger partial charge in [-0.2, -0.15) is 0 Å². The Morgan fingerprint density at radius 1 is 1.42 bits per heavy atom. The average molecular weight is 331 g/mol. The maximum atomic E-state index is 13.1. The highest BCUT2D eigenvalue weighted by molar-refractivity contribution is 5.78. The third-order valence-corrected chi connectivity index (χ3v) is 4.63. The zero-order chi connectivity index (χ0) is 16.9. The van der Waals surface area contributed by atoms with E-state index in [1.54, 1.807) is 31.8 Å². The summed E-state index contributed by atoms with van der Waals surface area (Å²) < 4.78 is 18.7. The number of hydrogen-bond donors (Lipinski definition) is 1. The zero-order valence-electron chi connectivity index (χ0n) is 13.7. The largest absolute Gasteiger partial charge is 0.381 e. The third-order valence-electron chi connectivity index (χ3n) is 4.63. The number of benzene rings is 1. The topological polar surface area (TPSA) is 58.2 Å². The van der Waals surface area contributed by atoms with Crippen LogP contribution in [0.2, 0.25) is 0 Å². The van der Waals surface area contributed by atoms with Crippen molar-refractivity contribution in [3.63, 3.8) is 0 Å². The van der Waals surface area contributed by atoms with Gasteiger partial charge < -0.3 is 14.6 Å². The van der Waals surface area contributed by atoms with Gasteiger partial charge in [0.15, 0.2) is 0 Å². The van der Waals surface area contributed by atoms with Crippen LogP contribution in [0, 0.1) is 11.7 Å². The SMILES string of the molecule is CO[C@@H]1CCN(C(=O)Cc2cnc[nH]2)C[C@H]1Cc1ccc(F)cc1. The molecule has 3 rings (SSSR count). The van der Waals surface area contributed by atoms with Gasteiger partial charge in [-0.3, -0.25) is 4.79 Å². The number of nitrogens with zero attached hydrogens (tertiary/aromatic N) is 2. The second-order valence-electron chi connectivity index (χ2n) is 6.25. The van der Waals surface area contributed by atoms with E-state index in [-0.39, 0.29) is 23.7 Å². The van der Waals surface area contributed by atoms with Gasteiger partial charge in [-0.25, -0.2) is 9.37 Å². The summed E-state index contributed by atoms with van der Waals surface area (Å²) in [5.41, 5.74) is 1.88. The lowest BCUT2D eigenvalue weighted by atomic mass is 9.88. The number of carbonyl (C=O) groups is 1. The number of aromatic amines is 1. The van der Waals surface area contributed by atoms with E-state index in [0.717, 1.165) is 24.1 Å². The summed E-state index contributed by atoms with van der Waals surface area (Å²) >= 11 is 0. The van der Waals surface area contributed by atoms with Crippen LogP contribution in [0.4, 0.5) is 4.39 Å². The molecule has 6 heteroatoms. The van der Waals surface area contributed by atoms with Crippen LogP contribution in [0.1, 0.15) is 17.7 Å². The molecule has 0 aliphatic carbocycles. The van der Waals surface area contributed by atoms with Crippen LogP contribution in [0.15, 0.2) is 36.8 Å². The number of nitrogens with one attached hydrogen (secondary N) is 1. The Bertz CT molecular complexity index is 657. The predicted molar refractivity (Wildman–Crippen MR) is 87.9 cm³/mol. The lowest BCUT2D eigenvalue weighted by molar-refractivity contribution is -0.134. The molecule has 1 aliphatic rings. The highest BCUT2D eigenvalue weighted by Gasteiger charge is 2.31. The van der Waals surface area contributed by atoms with Gasteiger partial charge in [0.1, 0.15) is 5.82 Å². The van der Waals surface area contributed by atoms with Crippen LogP contribution in [0.25, 0.3) is 0 Å². The second-order valence-corrected chi connectivity index (χ2v) is 6.25. The lowest BCUT2D eigenvalue weighted by Crippen LogP contribution is -2.47. The van der Waals surface area contributed by atoms with Crippen molar-refractivity contribution in [1.29, 1.82) is 0 Å². The summed E-state index contributed by atoms with van der Waals surface area (Å²) in [6, 6.07) is 6.54. The molecule has 1 aliphatic heterocycles. The van der Waals surface area contributed by atoms with Crippen molar-refractivity contribution < 1.29 is 13.9 Å². The minimum absolute atomic E-state index is 0.0953. The van der Waals surface area contributed by atoms with Crippen LogP contribution in [-0.4, -0.2) is 47.1 Å². The highest BCUT2D eigenvalue weighted by Crippen LogP contribution is 2.24. The molecule has 2 heterocycles. The molecule has 1 N–H and O–H groups in total. The third kappa shape index (κ3) is 4.00. The van der Waals surface area contributed by atoms with Crippen LogP contribution < -0.4 is 0 Å². The number of ether oxygens (including phenoxy) is 1. The molecule has 2 atom stereocenters. The number of piperidine rings is 1. The van der Waals surface area contributed by atoms with Crippen LogP contribution >= 0.6 is 0 Å². The van der Waals surface area contributed by atoms with E-state index in [1.165, 1.54) is 12.1 Å². The zero-order valence-corrected chi connectivity index (χ0v) is 13.7. The number of methoxy groups -OCH3 is 1. The number of rotatable bonds is 5. The van der Waals surface area contributed by atoms with Crippen molar-refractivity contribution in [2.24, 2.45) is 5.92 Å². The van der Waals surface area contributed by atoms with Gasteiger partial charge in [0.25, 0.3) is 0 Å². The lowest BCUT2D eigenvalue weighted by Gasteiger charge is -2.38. The smallest absolute Gasteiger partial charge is 0.228 e. The van der Waals surface area contributed by atoms with E-state index in [9.17, 15) is 9.18 Å². The van der Waals surface area contributed by atoms with Crippen molar-refractivity contribution >= 4 is 5.91 Å². The van der Waals surface area contributed by atoms with Gasteiger partial charge in [-0.1, -0.05) is 12.1 Å². The second kappa shape index (κ2) is 7.57. The fourth-order valence-electron chi connectivity index (χ4n) is 3.32. The van der Waals surface area contributed by atoms with Crippen molar-refractivity contribution in [3.05, 3.63) is 53.9 Å². The van der Waals surface area contributed by atoms with Gasteiger partial charge in [0.2, 0.25) is 5.91 Å². The quantitative estimate of drug-likeness (QED) is 0.914. The Hall–Kier alpha value is -2.21. The monoisotopic (exact) mass is 331 g/mol. The first-order valence-corrected chi connectivity index (χ1v) is 8.18. The Morgan fingerprint density at radius 3 is 2.88 bits per heavy atom. The summed E-state index contributed by atoms with van der Waals surface area (Å²) in [5.74, 6) is 0.0693. The fourth-order valence-corrected chi connectivity index (χ4v) is 3.32. The summed E-state index contributed by atoms with van der Waals surface area (Å²) in [4.78, 5) is 21.3. The van der Waals surface area contributed by atoms with E-state index in [2.05, 4.69) is 9.97 Å². The summed E-state index contributed by atoms with van der Waals surface area (Å²) in [7, 11) is 1.71. The predicted octanol–water partition coefficient (Wildman–Crippen LogP) is 2.20. The van der Waals surface area contributed by atoms with Crippen LogP contribution in [0.3, 0.4) is 0 Å². The van der Waals surface area contributed by atoms with Gasteiger partial charge in [0.05, 0.1) is 18.9 Å². The molecule has 0 bridgehead atoms. The van der Waals surface area contributed by atoms with Gasteiger partial charge >= 0.3 is 0 Å². The van der Waals surface area contributed by atoms with Gasteiger partial charge in [-0.15, -0.1) is 0 Å². The Balaban J connectivity index is 1.64. The van der Waals surface area contributed by atoms with Gasteiger partial charge in [-0.05, 0) is 30.5 Å². The molecular formula is C18H22FN3O2. The van der Waals surface area contributed by atoms with Crippen molar-refractivity contribution in [2.45, 2.75) is 25.4 Å². The van der Waals surface area contributed by atoms with E-state index in [0.29, 0.717) is 19.5 Å². The number of aromatic nitrogens is 2. The first kappa shape index (κ1) is 16.6. The number of likely N-dealkylation sites (tertiary alicyclic amines) is 1. The van der Waals surface area contributed by atoms with E-state index >= 15 is 0 Å². The minimum atomic E-state index is -0.234. The molecule has 0 saturated carbocycles. The number of amides is 1. The van der Waals surface area contributed by atoms with Crippen molar-refractivity contribution in [1.82, 2.24) is 14.9 Å². The number of imidazole rings is 1. The van der Waals surface area contributed by atoms with Gasteiger partial charge in [0, 0.05) is 38.0 Å². The highest BCUT2D eigenvalue weighted by atomic mass is 19.1. The molecule has 1 fully saturated rings. The van der Waals surface area contributed by atoms with E-state index in [4.69, 9.17) is 4.74 Å². The molecule has 1 aromatic heterocycles. The molecular weight excluding hydrogens is 309 g/mol. The first-order chi connectivity index (χ1) is 11.7. The summed E-state index contributed by atoms with van der Waals surface area (Å²) in [5, 5.41) is 0. The molecule has 1 aromatic carbocycles. The minimum Gasteiger partial charge on any atom is -0.381 e. The standard InChI is InChI=1S/C18H22FN3O2/c1-24-17-6-7-22(18(23)9-16-10-20-12-21-16)11-14(17)8-13-2-4-15(19)5-3-13/h2-5,10,12,14,17H,6-9,11H2,1H3,(H,20,21)/t14-,17-/m1/s1. The Kier molecular flexibility index (Phi) is 5.25. The molecule has 0 radical (unpaired) electrons. The van der Waals surface area contributed by atoms with Crippen molar-refractivity contribution in [3.8, 4) is 0 Å². The van der Waals surface area contributed by atoms with Crippen LogP contribution in [0.5, 0.6) is 0 Å². The molecule has 24 heavy (non-hydrogen) atoms. The molecule has 128 valence electrons. The average Bonchev–Trinajstić information content (AvgIpc) is 3.10. The molecule has 0 unspecified atom stereocenters. The van der Waals surface area contributed by atoms with E-state index in [1.807, 2.05) is 4.90 Å². The maximum Gasteiger partial charge on any atom is 0.228 e. The Morgan fingerprint density at radius 2 is 2.21 bits per heavy atom. The van der Waals surface area contributed by atoms with Crippen LogP contribution in [-0.2, 0) is 22.4 Å². The number of carbonyl (C=O) groups excluding carboxylic acids is 1. The number of H-pyrrole nitrogens is 1. The molecule has 1 amide bonds. The molecule has 1 saturated heterocycles. The fraction of sp³-hybridized carbons (Fsp3) is 0.444. The first-order valence-electron chi connectivity index (χ1n) is 8.18. The normalized spacial score (nSPS) is 21.0. The van der Waals surface area contributed by atoms with E-state index < -0.39 is 0 Å². The molecule has 0 spiro atoms.